The second kappa shape index (κ2) is 8.38. The van der Waals surface area contributed by atoms with Crippen LogP contribution in [0.15, 0.2) is 71.6 Å². The van der Waals surface area contributed by atoms with Crippen LogP contribution in [0.5, 0.6) is 5.75 Å². The molecule has 0 aromatic heterocycles. The molecule has 1 aliphatic heterocycles. The quantitative estimate of drug-likeness (QED) is 0.651. The van der Waals surface area contributed by atoms with Gasteiger partial charge in [0, 0.05) is 19.7 Å². The Morgan fingerprint density at radius 3 is 2.40 bits per heavy atom. The smallest absolute Gasteiger partial charge is 0.243 e. The molecule has 0 saturated carbocycles. The van der Waals surface area contributed by atoms with E-state index in [2.05, 4.69) is 0 Å². The fourth-order valence-electron chi connectivity index (χ4n) is 4.28. The Balaban J connectivity index is 1.51. The highest BCUT2D eigenvalue weighted by atomic mass is 32.2. The van der Waals surface area contributed by atoms with E-state index in [0.29, 0.717) is 37.2 Å². The van der Waals surface area contributed by atoms with E-state index in [0.717, 1.165) is 22.1 Å². The van der Waals surface area contributed by atoms with Crippen LogP contribution in [0.25, 0.3) is 10.8 Å². The van der Waals surface area contributed by atoms with E-state index in [4.69, 9.17) is 4.74 Å². The van der Waals surface area contributed by atoms with Crippen LogP contribution in [-0.4, -0.2) is 44.6 Å². The summed E-state index contributed by atoms with van der Waals surface area (Å²) in [5.74, 6) is 0.789. The molecule has 4 rings (SSSR count). The molecule has 3 aromatic rings. The zero-order valence-corrected chi connectivity index (χ0v) is 17.9. The van der Waals surface area contributed by atoms with Crippen LogP contribution in [0.3, 0.4) is 0 Å². The van der Waals surface area contributed by atoms with Crippen molar-refractivity contribution in [3.8, 4) is 5.75 Å². The molecule has 30 heavy (non-hydrogen) atoms. The van der Waals surface area contributed by atoms with Gasteiger partial charge in [-0.15, -0.1) is 0 Å². The van der Waals surface area contributed by atoms with Gasteiger partial charge in [-0.05, 0) is 65.3 Å². The molecular weight excluding hydrogens is 398 g/mol. The molecule has 1 heterocycles. The van der Waals surface area contributed by atoms with Crippen LogP contribution in [-0.2, 0) is 16.4 Å². The summed E-state index contributed by atoms with van der Waals surface area (Å²) in [6.07, 6.45) is 1.94. The first kappa shape index (κ1) is 20.8. The van der Waals surface area contributed by atoms with Gasteiger partial charge in [-0.25, -0.2) is 8.42 Å². The lowest BCUT2D eigenvalue weighted by atomic mass is 9.75. The summed E-state index contributed by atoms with van der Waals surface area (Å²) in [6, 6.07) is 20.9. The number of benzene rings is 3. The second-order valence-electron chi connectivity index (χ2n) is 8.10. The monoisotopic (exact) mass is 425 g/mol. The first-order chi connectivity index (χ1) is 14.5. The van der Waals surface area contributed by atoms with Crippen molar-refractivity contribution in [2.75, 3.05) is 26.8 Å². The highest BCUT2D eigenvalue weighted by Gasteiger charge is 2.38. The number of nitrogens with zero attached hydrogens (tertiary/aromatic N) is 1. The SMILES string of the molecule is COc1cccc(CC2(CO)CCN(S(=O)(=O)c3ccc4ccccc4c3)CC2)c1. The topological polar surface area (TPSA) is 66.8 Å². The summed E-state index contributed by atoms with van der Waals surface area (Å²) in [7, 11) is -1.93. The van der Waals surface area contributed by atoms with Gasteiger partial charge in [-0.3, -0.25) is 0 Å². The summed E-state index contributed by atoms with van der Waals surface area (Å²) in [6.45, 7) is 0.841. The molecule has 0 radical (unpaired) electrons. The number of aliphatic hydroxyl groups is 1. The van der Waals surface area contributed by atoms with Gasteiger partial charge >= 0.3 is 0 Å². The number of piperidine rings is 1. The largest absolute Gasteiger partial charge is 0.497 e. The van der Waals surface area contributed by atoms with Gasteiger partial charge in [-0.1, -0.05) is 42.5 Å². The normalized spacial score (nSPS) is 17.1. The van der Waals surface area contributed by atoms with Crippen LogP contribution in [0.2, 0.25) is 0 Å². The molecule has 6 heteroatoms. The van der Waals surface area contributed by atoms with E-state index >= 15 is 0 Å². The average Bonchev–Trinajstić information content (AvgIpc) is 2.79. The van der Waals surface area contributed by atoms with E-state index in [1.54, 1.807) is 23.5 Å². The Bertz CT molecular complexity index is 1130. The first-order valence-corrected chi connectivity index (χ1v) is 11.6. The fraction of sp³-hybridized carbons (Fsp3) is 0.333. The van der Waals surface area contributed by atoms with Crippen LogP contribution in [0.1, 0.15) is 18.4 Å². The highest BCUT2D eigenvalue weighted by molar-refractivity contribution is 7.89. The van der Waals surface area contributed by atoms with E-state index < -0.39 is 10.0 Å². The Morgan fingerprint density at radius 2 is 1.70 bits per heavy atom. The Labute approximate surface area is 178 Å². The van der Waals surface area contributed by atoms with Crippen molar-refractivity contribution in [3.63, 3.8) is 0 Å². The molecule has 1 aliphatic rings. The maximum Gasteiger partial charge on any atom is 0.243 e. The van der Waals surface area contributed by atoms with E-state index in [1.165, 1.54) is 0 Å². The van der Waals surface area contributed by atoms with Crippen LogP contribution < -0.4 is 4.74 Å². The molecule has 1 fully saturated rings. The molecule has 0 bridgehead atoms. The Hall–Kier alpha value is -2.41. The molecule has 0 amide bonds. The van der Waals surface area contributed by atoms with E-state index in [-0.39, 0.29) is 12.0 Å². The van der Waals surface area contributed by atoms with Crippen molar-refractivity contribution >= 4 is 20.8 Å². The third kappa shape index (κ3) is 4.08. The fourth-order valence-corrected chi connectivity index (χ4v) is 5.76. The number of hydrogen-bond donors (Lipinski definition) is 1. The van der Waals surface area contributed by atoms with Crippen molar-refractivity contribution in [1.29, 1.82) is 0 Å². The molecule has 0 spiro atoms. The molecule has 1 N–H and O–H groups in total. The summed E-state index contributed by atoms with van der Waals surface area (Å²) in [5.41, 5.74) is 0.774. The van der Waals surface area contributed by atoms with Gasteiger partial charge in [0.05, 0.1) is 12.0 Å². The minimum absolute atomic E-state index is 0.0358. The number of aliphatic hydroxyl groups excluding tert-OH is 1. The van der Waals surface area contributed by atoms with Gasteiger partial charge in [0.2, 0.25) is 10.0 Å². The molecule has 0 atom stereocenters. The van der Waals surface area contributed by atoms with Crippen molar-refractivity contribution in [1.82, 2.24) is 4.31 Å². The number of hydrogen-bond acceptors (Lipinski definition) is 4. The van der Waals surface area contributed by atoms with E-state index in [9.17, 15) is 13.5 Å². The third-order valence-electron chi connectivity index (χ3n) is 6.19. The summed E-state index contributed by atoms with van der Waals surface area (Å²) >= 11 is 0. The highest BCUT2D eigenvalue weighted by Crippen LogP contribution is 2.37. The van der Waals surface area contributed by atoms with Crippen molar-refractivity contribution in [3.05, 3.63) is 72.3 Å². The zero-order valence-electron chi connectivity index (χ0n) is 17.1. The Kier molecular flexibility index (Phi) is 5.82. The minimum Gasteiger partial charge on any atom is -0.497 e. The van der Waals surface area contributed by atoms with Gasteiger partial charge in [-0.2, -0.15) is 4.31 Å². The lowest BCUT2D eigenvalue weighted by molar-refractivity contribution is 0.0684. The number of rotatable bonds is 6. The summed E-state index contributed by atoms with van der Waals surface area (Å²) < 4.78 is 33.3. The third-order valence-corrected chi connectivity index (χ3v) is 8.09. The molecule has 1 saturated heterocycles. The lowest BCUT2D eigenvalue weighted by Gasteiger charge is -2.40. The van der Waals surface area contributed by atoms with Crippen LogP contribution >= 0.6 is 0 Å². The maximum atomic E-state index is 13.2. The Morgan fingerprint density at radius 1 is 0.967 bits per heavy atom. The van der Waals surface area contributed by atoms with Crippen LogP contribution in [0.4, 0.5) is 0 Å². The van der Waals surface area contributed by atoms with Gasteiger partial charge in [0.25, 0.3) is 0 Å². The second-order valence-corrected chi connectivity index (χ2v) is 10.0. The van der Waals surface area contributed by atoms with Crippen molar-refractivity contribution in [2.45, 2.75) is 24.2 Å². The van der Waals surface area contributed by atoms with E-state index in [1.807, 2.05) is 54.6 Å². The first-order valence-electron chi connectivity index (χ1n) is 10.2. The predicted molar refractivity (Wildman–Crippen MR) is 118 cm³/mol. The molecule has 0 aliphatic carbocycles. The standard InChI is InChI=1S/C24H27NO4S/c1-29-22-8-4-5-19(15-22)17-24(18-26)11-13-25(14-12-24)30(27,28)23-10-9-20-6-2-3-7-21(20)16-23/h2-10,15-16,26H,11-14,17-18H2,1H3. The number of methoxy groups -OCH3 is 1. The van der Waals surface area contributed by atoms with Crippen LogP contribution in [0, 0.1) is 5.41 Å². The average molecular weight is 426 g/mol. The summed E-state index contributed by atoms with van der Waals surface area (Å²) in [5, 5.41) is 12.1. The molecule has 5 nitrogen and oxygen atoms in total. The molecule has 158 valence electrons. The van der Waals surface area contributed by atoms with Crippen molar-refractivity contribution in [2.24, 2.45) is 5.41 Å². The minimum atomic E-state index is -3.56. The van der Waals surface area contributed by atoms with Gasteiger partial charge in [0.15, 0.2) is 0 Å². The van der Waals surface area contributed by atoms with Gasteiger partial charge in [0.1, 0.15) is 5.75 Å². The predicted octanol–water partition coefficient (Wildman–Crippen LogP) is 3.85. The van der Waals surface area contributed by atoms with Gasteiger partial charge < -0.3 is 9.84 Å². The summed E-state index contributed by atoms with van der Waals surface area (Å²) in [4.78, 5) is 0.325. The zero-order chi connectivity index (χ0) is 21.2. The van der Waals surface area contributed by atoms with Crippen molar-refractivity contribution < 1.29 is 18.3 Å². The molecule has 0 unspecified atom stereocenters. The maximum absolute atomic E-state index is 13.2. The number of sulfonamides is 1. The lowest BCUT2D eigenvalue weighted by Crippen LogP contribution is -2.45. The molecule has 3 aromatic carbocycles. The number of fused-ring (bicyclic) bond motifs is 1. The molecular formula is C24H27NO4S. The number of ether oxygens (including phenoxy) is 1.